The number of aromatic carboxylic acids is 1. The molecule has 0 amide bonds. The average Bonchev–Trinajstić information content (AvgIpc) is 2.33. The first-order valence-electron chi connectivity index (χ1n) is 5.17. The molecule has 1 N–H and O–H groups in total. The first-order chi connectivity index (χ1) is 8.95. The summed E-state index contributed by atoms with van der Waals surface area (Å²) in [5.74, 6) is -1.50. The topological polar surface area (TPSA) is 72.3 Å². The molecule has 1 aromatic heterocycles. The fourth-order valence-corrected chi connectivity index (χ4v) is 1.59. The normalized spacial score (nSPS) is 10.3. The summed E-state index contributed by atoms with van der Waals surface area (Å²) in [7, 11) is 0. The third kappa shape index (κ3) is 3.25. The van der Waals surface area contributed by atoms with E-state index < -0.39 is 11.8 Å². The largest absolute Gasteiger partial charge is 0.477 e. The van der Waals surface area contributed by atoms with Gasteiger partial charge in [0.25, 0.3) is 0 Å². The lowest BCUT2D eigenvalue weighted by atomic mass is 10.3. The molecule has 98 valence electrons. The van der Waals surface area contributed by atoms with Crippen LogP contribution in [0.3, 0.4) is 0 Å². The summed E-state index contributed by atoms with van der Waals surface area (Å²) < 4.78 is 18.8. The van der Waals surface area contributed by atoms with E-state index in [4.69, 9.17) is 9.84 Å². The second-order valence-corrected chi connectivity index (χ2v) is 4.51. The average molecular weight is 327 g/mol. The van der Waals surface area contributed by atoms with Crippen LogP contribution >= 0.6 is 15.9 Å². The van der Waals surface area contributed by atoms with E-state index in [0.29, 0.717) is 10.2 Å². The number of benzene rings is 1. The van der Waals surface area contributed by atoms with Gasteiger partial charge >= 0.3 is 12.0 Å². The lowest BCUT2D eigenvalue weighted by molar-refractivity contribution is 0.0689. The zero-order valence-electron chi connectivity index (χ0n) is 9.72. The van der Waals surface area contributed by atoms with Crippen LogP contribution in [0.1, 0.15) is 16.2 Å². The smallest absolute Gasteiger partial charge is 0.354 e. The van der Waals surface area contributed by atoms with E-state index in [9.17, 15) is 9.18 Å². The molecule has 0 bridgehead atoms. The van der Waals surface area contributed by atoms with Gasteiger partial charge in [-0.2, -0.15) is 4.98 Å². The highest BCUT2D eigenvalue weighted by Gasteiger charge is 2.11. The molecule has 0 atom stereocenters. The van der Waals surface area contributed by atoms with E-state index in [1.807, 2.05) is 0 Å². The molecule has 0 saturated heterocycles. The minimum Gasteiger partial charge on any atom is -0.477 e. The van der Waals surface area contributed by atoms with E-state index in [-0.39, 0.29) is 17.5 Å². The highest BCUT2D eigenvalue weighted by molar-refractivity contribution is 9.10. The number of aryl methyl sites for hydroxylation is 1. The zero-order valence-corrected chi connectivity index (χ0v) is 11.3. The van der Waals surface area contributed by atoms with Crippen LogP contribution in [0.4, 0.5) is 4.39 Å². The molecule has 1 aromatic carbocycles. The van der Waals surface area contributed by atoms with Gasteiger partial charge in [0, 0.05) is 11.8 Å². The molecule has 0 aliphatic carbocycles. The van der Waals surface area contributed by atoms with Crippen LogP contribution in [0.2, 0.25) is 0 Å². The number of carbonyl (C=O) groups is 1. The number of aromatic nitrogens is 2. The molecule has 0 saturated carbocycles. The van der Waals surface area contributed by atoms with E-state index >= 15 is 0 Å². The van der Waals surface area contributed by atoms with Gasteiger partial charge in [0.15, 0.2) is 5.69 Å². The molecule has 0 unspecified atom stereocenters. The van der Waals surface area contributed by atoms with E-state index in [0.717, 1.165) is 6.07 Å². The maximum absolute atomic E-state index is 13.3. The van der Waals surface area contributed by atoms with Crippen molar-refractivity contribution in [1.29, 1.82) is 0 Å². The molecule has 1 heterocycles. The summed E-state index contributed by atoms with van der Waals surface area (Å²) in [6, 6.07) is 5.31. The standard InChI is InChI=1S/C12H8BrFN2O3/c1-6-4-10(11(17)18)16-12(15-6)19-7-2-3-8(13)9(14)5-7/h2-5H,1H3,(H,17,18). The van der Waals surface area contributed by atoms with Crippen LogP contribution < -0.4 is 4.74 Å². The lowest BCUT2D eigenvalue weighted by Crippen LogP contribution is -2.04. The highest BCUT2D eigenvalue weighted by Crippen LogP contribution is 2.24. The summed E-state index contributed by atoms with van der Waals surface area (Å²) in [6.07, 6.45) is 0. The molecule has 0 radical (unpaired) electrons. The van der Waals surface area contributed by atoms with Crippen LogP contribution in [0.5, 0.6) is 11.8 Å². The second kappa shape index (κ2) is 5.31. The third-order valence-electron chi connectivity index (χ3n) is 2.15. The SMILES string of the molecule is Cc1cc(C(=O)O)nc(Oc2ccc(Br)c(F)c2)n1. The number of hydrogen-bond donors (Lipinski definition) is 1. The Morgan fingerprint density at radius 2 is 2.11 bits per heavy atom. The molecule has 0 spiro atoms. The third-order valence-corrected chi connectivity index (χ3v) is 2.80. The first-order valence-corrected chi connectivity index (χ1v) is 5.97. The number of carboxylic acid groups (broad SMARTS) is 1. The fraction of sp³-hybridized carbons (Fsp3) is 0.0833. The van der Waals surface area contributed by atoms with E-state index in [2.05, 4.69) is 25.9 Å². The van der Waals surface area contributed by atoms with Crippen LogP contribution in [0.25, 0.3) is 0 Å². The maximum Gasteiger partial charge on any atom is 0.354 e. The van der Waals surface area contributed by atoms with Crippen LogP contribution in [0.15, 0.2) is 28.7 Å². The minimum absolute atomic E-state index is 0.140. The molecule has 7 heteroatoms. The molecule has 5 nitrogen and oxygen atoms in total. The molecular formula is C12H8BrFN2O3. The van der Waals surface area contributed by atoms with Gasteiger partial charge in [-0.3, -0.25) is 0 Å². The molecule has 0 aliphatic rings. The molecular weight excluding hydrogens is 319 g/mol. The Labute approximate surface area is 116 Å². The van der Waals surface area contributed by atoms with Crippen molar-refractivity contribution in [2.75, 3.05) is 0 Å². The van der Waals surface area contributed by atoms with Gasteiger partial charge in [0.05, 0.1) is 4.47 Å². The van der Waals surface area contributed by atoms with Gasteiger partial charge in [-0.15, -0.1) is 0 Å². The Morgan fingerprint density at radius 3 is 2.74 bits per heavy atom. The Morgan fingerprint density at radius 1 is 1.37 bits per heavy atom. The van der Waals surface area contributed by atoms with Crippen molar-refractivity contribution in [1.82, 2.24) is 9.97 Å². The number of rotatable bonds is 3. The Bertz CT molecular complexity index is 649. The summed E-state index contributed by atoms with van der Waals surface area (Å²) in [5.41, 5.74) is 0.264. The van der Waals surface area contributed by atoms with E-state index in [1.165, 1.54) is 18.2 Å². The summed E-state index contributed by atoms with van der Waals surface area (Å²) in [6.45, 7) is 1.61. The Balaban J connectivity index is 2.32. The van der Waals surface area contributed by atoms with Crippen molar-refractivity contribution in [3.8, 4) is 11.8 Å². The Kier molecular flexibility index (Phi) is 3.75. The van der Waals surface area contributed by atoms with Gasteiger partial charge in [0.2, 0.25) is 0 Å². The zero-order chi connectivity index (χ0) is 14.0. The van der Waals surface area contributed by atoms with Gasteiger partial charge in [-0.05, 0) is 41.1 Å². The quantitative estimate of drug-likeness (QED) is 0.937. The van der Waals surface area contributed by atoms with Crippen LogP contribution in [0, 0.1) is 12.7 Å². The van der Waals surface area contributed by atoms with Crippen LogP contribution in [-0.4, -0.2) is 21.0 Å². The van der Waals surface area contributed by atoms with Crippen molar-refractivity contribution in [3.05, 3.63) is 45.9 Å². The van der Waals surface area contributed by atoms with Crippen molar-refractivity contribution in [2.24, 2.45) is 0 Å². The second-order valence-electron chi connectivity index (χ2n) is 3.66. The fourth-order valence-electron chi connectivity index (χ4n) is 1.34. The number of hydrogen-bond acceptors (Lipinski definition) is 4. The summed E-state index contributed by atoms with van der Waals surface area (Å²) in [5, 5.41) is 8.87. The van der Waals surface area contributed by atoms with Gasteiger partial charge in [-0.1, -0.05) is 0 Å². The number of ether oxygens (including phenoxy) is 1. The van der Waals surface area contributed by atoms with Crippen LogP contribution in [-0.2, 0) is 0 Å². The maximum atomic E-state index is 13.3. The predicted octanol–water partition coefficient (Wildman–Crippen LogP) is 3.18. The molecule has 0 fully saturated rings. The predicted molar refractivity (Wildman–Crippen MR) is 67.9 cm³/mol. The molecule has 2 aromatic rings. The van der Waals surface area contributed by atoms with Crippen molar-refractivity contribution in [3.63, 3.8) is 0 Å². The van der Waals surface area contributed by atoms with Gasteiger partial charge in [-0.25, -0.2) is 14.2 Å². The van der Waals surface area contributed by atoms with Gasteiger partial charge in [0.1, 0.15) is 11.6 Å². The van der Waals surface area contributed by atoms with Crippen molar-refractivity contribution in [2.45, 2.75) is 6.92 Å². The monoisotopic (exact) mass is 326 g/mol. The minimum atomic E-state index is -1.18. The highest BCUT2D eigenvalue weighted by atomic mass is 79.9. The first kappa shape index (κ1) is 13.4. The van der Waals surface area contributed by atoms with Crippen molar-refractivity contribution >= 4 is 21.9 Å². The lowest BCUT2D eigenvalue weighted by Gasteiger charge is -2.06. The van der Waals surface area contributed by atoms with Crippen molar-refractivity contribution < 1.29 is 19.0 Å². The summed E-state index contributed by atoms with van der Waals surface area (Å²) >= 11 is 3.02. The number of halogens is 2. The van der Waals surface area contributed by atoms with E-state index in [1.54, 1.807) is 6.92 Å². The number of carboxylic acids is 1. The molecule has 19 heavy (non-hydrogen) atoms. The molecule has 0 aliphatic heterocycles. The van der Waals surface area contributed by atoms with Gasteiger partial charge < -0.3 is 9.84 Å². The summed E-state index contributed by atoms with van der Waals surface area (Å²) in [4.78, 5) is 18.5. The molecule has 2 rings (SSSR count). The number of nitrogens with zero attached hydrogens (tertiary/aromatic N) is 2. The Hall–Kier alpha value is -2.02.